The molecule has 104 valence electrons. The SMILES string of the molecule is O=C(NCc1cc(-c2ccccc2)ncn1)c1ccco1. The largest absolute Gasteiger partial charge is 0.459 e. The topological polar surface area (TPSA) is 68.0 Å². The number of aromatic nitrogens is 2. The predicted octanol–water partition coefficient (Wildman–Crippen LogP) is 2.67. The van der Waals surface area contributed by atoms with Gasteiger partial charge in [0.2, 0.25) is 0 Å². The molecule has 5 heteroatoms. The maximum Gasteiger partial charge on any atom is 0.287 e. The van der Waals surface area contributed by atoms with Gasteiger partial charge in [0.25, 0.3) is 5.91 Å². The summed E-state index contributed by atoms with van der Waals surface area (Å²) < 4.78 is 5.03. The summed E-state index contributed by atoms with van der Waals surface area (Å²) >= 11 is 0. The number of hydrogen-bond donors (Lipinski definition) is 1. The molecular formula is C16H13N3O2. The van der Waals surface area contributed by atoms with Crippen LogP contribution in [-0.4, -0.2) is 15.9 Å². The Hall–Kier alpha value is -2.95. The van der Waals surface area contributed by atoms with Gasteiger partial charge in [-0.05, 0) is 18.2 Å². The maximum absolute atomic E-state index is 11.8. The Bertz CT molecular complexity index is 724. The van der Waals surface area contributed by atoms with Gasteiger partial charge in [-0.15, -0.1) is 0 Å². The third kappa shape index (κ3) is 3.14. The fourth-order valence-electron chi connectivity index (χ4n) is 1.93. The van der Waals surface area contributed by atoms with Crippen molar-refractivity contribution in [2.75, 3.05) is 0 Å². The summed E-state index contributed by atoms with van der Waals surface area (Å²) in [5.74, 6) is 0.0206. The molecule has 0 aliphatic rings. The Kier molecular flexibility index (Phi) is 3.73. The molecule has 3 rings (SSSR count). The van der Waals surface area contributed by atoms with Crippen LogP contribution in [0.5, 0.6) is 0 Å². The maximum atomic E-state index is 11.8. The van der Waals surface area contributed by atoms with E-state index in [1.54, 1.807) is 12.1 Å². The Morgan fingerprint density at radius 3 is 2.71 bits per heavy atom. The number of nitrogens with one attached hydrogen (secondary N) is 1. The highest BCUT2D eigenvalue weighted by molar-refractivity contribution is 5.91. The summed E-state index contributed by atoms with van der Waals surface area (Å²) in [6, 6.07) is 15.0. The van der Waals surface area contributed by atoms with Crippen molar-refractivity contribution >= 4 is 5.91 Å². The number of rotatable bonds is 4. The van der Waals surface area contributed by atoms with Crippen molar-refractivity contribution in [3.05, 3.63) is 72.6 Å². The van der Waals surface area contributed by atoms with Crippen molar-refractivity contribution in [3.63, 3.8) is 0 Å². The van der Waals surface area contributed by atoms with Gasteiger partial charge in [0.05, 0.1) is 24.2 Å². The van der Waals surface area contributed by atoms with Gasteiger partial charge in [-0.1, -0.05) is 30.3 Å². The molecule has 21 heavy (non-hydrogen) atoms. The molecule has 0 atom stereocenters. The first-order valence-corrected chi connectivity index (χ1v) is 6.51. The Morgan fingerprint density at radius 2 is 1.95 bits per heavy atom. The average molecular weight is 279 g/mol. The van der Waals surface area contributed by atoms with E-state index in [4.69, 9.17) is 4.42 Å². The molecule has 0 unspecified atom stereocenters. The minimum Gasteiger partial charge on any atom is -0.459 e. The molecule has 0 fully saturated rings. The van der Waals surface area contributed by atoms with E-state index >= 15 is 0 Å². The van der Waals surface area contributed by atoms with Crippen LogP contribution in [0.25, 0.3) is 11.3 Å². The van der Waals surface area contributed by atoms with Crippen LogP contribution in [0.2, 0.25) is 0 Å². The van der Waals surface area contributed by atoms with E-state index in [1.807, 2.05) is 36.4 Å². The van der Waals surface area contributed by atoms with Crippen molar-refractivity contribution < 1.29 is 9.21 Å². The van der Waals surface area contributed by atoms with Gasteiger partial charge in [-0.3, -0.25) is 4.79 Å². The molecule has 0 bridgehead atoms. The summed E-state index contributed by atoms with van der Waals surface area (Å²) in [7, 11) is 0. The first-order chi connectivity index (χ1) is 10.3. The second-order valence-electron chi connectivity index (χ2n) is 4.42. The molecule has 1 aromatic carbocycles. The van der Waals surface area contributed by atoms with Crippen LogP contribution in [0.4, 0.5) is 0 Å². The summed E-state index contributed by atoms with van der Waals surface area (Å²) in [6.07, 6.45) is 2.96. The average Bonchev–Trinajstić information content (AvgIpc) is 3.08. The minimum absolute atomic E-state index is 0.264. The van der Waals surface area contributed by atoms with E-state index in [2.05, 4.69) is 15.3 Å². The number of benzene rings is 1. The fourth-order valence-corrected chi connectivity index (χ4v) is 1.93. The quantitative estimate of drug-likeness (QED) is 0.797. The Balaban J connectivity index is 1.71. The number of nitrogens with zero attached hydrogens (tertiary/aromatic N) is 2. The van der Waals surface area contributed by atoms with E-state index in [0.29, 0.717) is 6.54 Å². The third-order valence-electron chi connectivity index (χ3n) is 2.97. The normalized spacial score (nSPS) is 10.3. The van der Waals surface area contributed by atoms with E-state index in [0.717, 1.165) is 17.0 Å². The van der Waals surface area contributed by atoms with Gasteiger partial charge < -0.3 is 9.73 Å². The molecule has 0 radical (unpaired) electrons. The predicted molar refractivity (Wildman–Crippen MR) is 77.3 cm³/mol. The van der Waals surface area contributed by atoms with Crippen molar-refractivity contribution in [2.45, 2.75) is 6.54 Å². The molecule has 0 aliphatic carbocycles. The van der Waals surface area contributed by atoms with Crippen LogP contribution >= 0.6 is 0 Å². The monoisotopic (exact) mass is 279 g/mol. The molecule has 0 spiro atoms. The highest BCUT2D eigenvalue weighted by Gasteiger charge is 2.08. The summed E-state index contributed by atoms with van der Waals surface area (Å²) in [5, 5.41) is 2.76. The molecule has 3 aromatic rings. The van der Waals surface area contributed by atoms with Gasteiger partial charge in [-0.2, -0.15) is 0 Å². The number of furan rings is 1. The minimum atomic E-state index is -0.264. The highest BCUT2D eigenvalue weighted by atomic mass is 16.3. The first kappa shape index (κ1) is 13.1. The van der Waals surface area contributed by atoms with Crippen molar-refractivity contribution in [1.29, 1.82) is 0 Å². The smallest absolute Gasteiger partial charge is 0.287 e. The summed E-state index contributed by atoms with van der Waals surface area (Å²) in [4.78, 5) is 20.2. The summed E-state index contributed by atoms with van der Waals surface area (Å²) in [5.41, 5.74) is 2.58. The molecule has 0 saturated heterocycles. The van der Waals surface area contributed by atoms with Crippen LogP contribution in [0.3, 0.4) is 0 Å². The molecular weight excluding hydrogens is 266 g/mol. The zero-order valence-electron chi connectivity index (χ0n) is 11.2. The van der Waals surface area contributed by atoms with Crippen LogP contribution in [0.1, 0.15) is 16.2 Å². The first-order valence-electron chi connectivity index (χ1n) is 6.51. The van der Waals surface area contributed by atoms with Crippen LogP contribution < -0.4 is 5.32 Å². The third-order valence-corrected chi connectivity index (χ3v) is 2.97. The van der Waals surface area contributed by atoms with Crippen LogP contribution in [-0.2, 0) is 6.54 Å². The lowest BCUT2D eigenvalue weighted by Crippen LogP contribution is -2.22. The second kappa shape index (κ2) is 6.00. The van der Waals surface area contributed by atoms with Crippen LogP contribution in [0, 0.1) is 0 Å². The number of hydrogen-bond acceptors (Lipinski definition) is 4. The van der Waals surface area contributed by atoms with E-state index in [-0.39, 0.29) is 11.7 Å². The van der Waals surface area contributed by atoms with E-state index in [9.17, 15) is 4.79 Å². The lowest BCUT2D eigenvalue weighted by atomic mass is 10.1. The van der Waals surface area contributed by atoms with Crippen molar-refractivity contribution in [2.24, 2.45) is 0 Å². The lowest BCUT2D eigenvalue weighted by Gasteiger charge is -2.05. The molecule has 5 nitrogen and oxygen atoms in total. The Labute approximate surface area is 121 Å². The second-order valence-corrected chi connectivity index (χ2v) is 4.42. The van der Waals surface area contributed by atoms with Gasteiger partial charge in [-0.25, -0.2) is 9.97 Å². The zero-order chi connectivity index (χ0) is 14.5. The number of carbonyl (C=O) groups excluding carboxylic acids is 1. The fraction of sp³-hybridized carbons (Fsp3) is 0.0625. The number of amides is 1. The standard InChI is InChI=1S/C16H13N3O2/c20-16(15-7-4-8-21-15)17-10-13-9-14(19-11-18-13)12-5-2-1-3-6-12/h1-9,11H,10H2,(H,17,20). The zero-order valence-corrected chi connectivity index (χ0v) is 11.2. The lowest BCUT2D eigenvalue weighted by molar-refractivity contribution is 0.0922. The van der Waals surface area contributed by atoms with E-state index in [1.165, 1.54) is 12.6 Å². The molecule has 1 N–H and O–H groups in total. The van der Waals surface area contributed by atoms with Gasteiger partial charge in [0.1, 0.15) is 6.33 Å². The molecule has 2 heterocycles. The summed E-state index contributed by atoms with van der Waals surface area (Å²) in [6.45, 7) is 0.321. The molecule has 1 amide bonds. The van der Waals surface area contributed by atoms with Gasteiger partial charge in [0.15, 0.2) is 5.76 Å². The number of carbonyl (C=O) groups is 1. The van der Waals surface area contributed by atoms with Crippen LogP contribution in [0.15, 0.2) is 65.5 Å². The van der Waals surface area contributed by atoms with Crippen molar-refractivity contribution in [1.82, 2.24) is 15.3 Å². The van der Waals surface area contributed by atoms with Gasteiger partial charge in [0, 0.05) is 5.56 Å². The van der Waals surface area contributed by atoms with Crippen molar-refractivity contribution in [3.8, 4) is 11.3 Å². The van der Waals surface area contributed by atoms with E-state index < -0.39 is 0 Å². The molecule has 0 saturated carbocycles. The molecule has 2 aromatic heterocycles. The molecule has 0 aliphatic heterocycles. The Morgan fingerprint density at radius 1 is 1.10 bits per heavy atom. The highest BCUT2D eigenvalue weighted by Crippen LogP contribution is 2.16. The van der Waals surface area contributed by atoms with Gasteiger partial charge >= 0.3 is 0 Å².